The summed E-state index contributed by atoms with van der Waals surface area (Å²) in [4.78, 5) is 22.8. The van der Waals surface area contributed by atoms with Gasteiger partial charge in [0, 0.05) is 10.6 Å². The molecule has 0 bridgehead atoms. The van der Waals surface area contributed by atoms with E-state index in [1.807, 2.05) is 0 Å². The number of esters is 1. The van der Waals surface area contributed by atoms with Crippen LogP contribution in [0.4, 0.5) is 0 Å². The molecule has 4 nitrogen and oxygen atoms in total. The predicted molar refractivity (Wildman–Crippen MR) is 78.9 cm³/mol. The second-order valence-electron chi connectivity index (χ2n) is 4.26. The van der Waals surface area contributed by atoms with Crippen LogP contribution in [-0.4, -0.2) is 18.9 Å². The number of hydrogen-bond acceptors (Lipinski definition) is 4. The van der Waals surface area contributed by atoms with Gasteiger partial charge in [-0.3, -0.25) is 9.59 Å². The third-order valence-electron chi connectivity index (χ3n) is 2.76. The Morgan fingerprint density at radius 3 is 2.00 bits per heavy atom. The Bertz CT molecular complexity index is 632. The summed E-state index contributed by atoms with van der Waals surface area (Å²) in [7, 11) is 1.25. The van der Waals surface area contributed by atoms with Gasteiger partial charge in [0.15, 0.2) is 5.78 Å². The highest BCUT2D eigenvalue weighted by Crippen LogP contribution is 2.23. The minimum Gasteiger partial charge on any atom is -0.469 e. The lowest BCUT2D eigenvalue weighted by Gasteiger charge is -2.06. The maximum absolute atomic E-state index is 11.8. The molecule has 21 heavy (non-hydrogen) atoms. The fourth-order valence-electron chi connectivity index (χ4n) is 1.65. The van der Waals surface area contributed by atoms with Crippen molar-refractivity contribution >= 4 is 23.4 Å². The van der Waals surface area contributed by atoms with Crippen LogP contribution in [0.2, 0.25) is 5.02 Å². The van der Waals surface area contributed by atoms with Crippen LogP contribution >= 0.6 is 11.6 Å². The van der Waals surface area contributed by atoms with E-state index in [-0.39, 0.29) is 12.2 Å². The van der Waals surface area contributed by atoms with Gasteiger partial charge >= 0.3 is 5.97 Å². The Hall–Kier alpha value is -2.33. The number of ether oxygens (including phenoxy) is 2. The zero-order chi connectivity index (χ0) is 15.2. The second-order valence-corrected chi connectivity index (χ2v) is 4.69. The quantitative estimate of drug-likeness (QED) is 0.478. The highest BCUT2D eigenvalue weighted by molar-refractivity contribution is 6.30. The number of carbonyl (C=O) groups excluding carboxylic acids is 2. The molecule has 2 aromatic rings. The zero-order valence-electron chi connectivity index (χ0n) is 11.3. The van der Waals surface area contributed by atoms with E-state index >= 15 is 0 Å². The lowest BCUT2D eigenvalue weighted by atomic mass is 10.1. The van der Waals surface area contributed by atoms with Crippen molar-refractivity contribution in [2.75, 3.05) is 7.11 Å². The maximum Gasteiger partial charge on any atom is 0.313 e. The third kappa shape index (κ3) is 4.33. The number of Topliss-reactive ketones (excluding diaryl/α,β-unsaturated/α-hetero) is 1. The van der Waals surface area contributed by atoms with Gasteiger partial charge in [0.1, 0.15) is 17.9 Å². The van der Waals surface area contributed by atoms with Gasteiger partial charge in [-0.25, -0.2) is 0 Å². The predicted octanol–water partition coefficient (Wildman–Crippen LogP) is 3.88. The molecule has 0 N–H and O–H groups in total. The van der Waals surface area contributed by atoms with Crippen LogP contribution in [0.1, 0.15) is 16.8 Å². The number of ketones is 1. The van der Waals surface area contributed by atoms with Crippen molar-refractivity contribution in [3.05, 3.63) is 59.1 Å². The largest absolute Gasteiger partial charge is 0.469 e. The topological polar surface area (TPSA) is 52.6 Å². The lowest BCUT2D eigenvalue weighted by Crippen LogP contribution is -2.09. The molecule has 0 saturated heterocycles. The van der Waals surface area contributed by atoms with Crippen molar-refractivity contribution in [2.45, 2.75) is 6.42 Å². The Morgan fingerprint density at radius 2 is 1.48 bits per heavy atom. The molecule has 0 aromatic heterocycles. The van der Waals surface area contributed by atoms with Crippen LogP contribution in [0, 0.1) is 0 Å². The minimum atomic E-state index is -0.554. The molecule has 0 amide bonds. The van der Waals surface area contributed by atoms with Gasteiger partial charge in [-0.1, -0.05) is 11.6 Å². The smallest absolute Gasteiger partial charge is 0.313 e. The monoisotopic (exact) mass is 304 g/mol. The summed E-state index contributed by atoms with van der Waals surface area (Å²) in [6.07, 6.45) is -0.270. The Balaban J connectivity index is 2.03. The minimum absolute atomic E-state index is 0.270. The fraction of sp³-hybridized carbons (Fsp3) is 0.125. The number of benzene rings is 2. The van der Waals surface area contributed by atoms with Gasteiger partial charge in [0.25, 0.3) is 0 Å². The van der Waals surface area contributed by atoms with Crippen LogP contribution in [0.3, 0.4) is 0 Å². The summed E-state index contributed by atoms with van der Waals surface area (Å²) in [5.74, 6) is 0.390. The molecule has 0 spiro atoms. The molecule has 0 radical (unpaired) electrons. The molecule has 0 atom stereocenters. The molecule has 0 heterocycles. The molecule has 0 fully saturated rings. The molecule has 0 aliphatic carbocycles. The highest BCUT2D eigenvalue weighted by Gasteiger charge is 2.11. The van der Waals surface area contributed by atoms with E-state index in [0.717, 1.165) is 0 Å². The van der Waals surface area contributed by atoms with Crippen LogP contribution in [0.15, 0.2) is 48.5 Å². The number of carbonyl (C=O) groups is 2. The summed E-state index contributed by atoms with van der Waals surface area (Å²) in [6, 6.07) is 13.5. The fourth-order valence-corrected chi connectivity index (χ4v) is 1.78. The van der Waals surface area contributed by atoms with Crippen LogP contribution in [-0.2, 0) is 9.53 Å². The van der Waals surface area contributed by atoms with Gasteiger partial charge < -0.3 is 9.47 Å². The molecular weight excluding hydrogens is 292 g/mol. The first-order chi connectivity index (χ1) is 10.1. The van der Waals surface area contributed by atoms with Gasteiger partial charge in [-0.2, -0.15) is 0 Å². The van der Waals surface area contributed by atoms with Crippen molar-refractivity contribution in [1.29, 1.82) is 0 Å². The Morgan fingerprint density at radius 1 is 0.952 bits per heavy atom. The SMILES string of the molecule is COC(=O)CC(=O)c1ccc(Oc2ccc(Cl)cc2)cc1. The van der Waals surface area contributed by atoms with E-state index in [4.69, 9.17) is 16.3 Å². The van der Waals surface area contributed by atoms with Crippen molar-refractivity contribution in [3.8, 4) is 11.5 Å². The first-order valence-electron chi connectivity index (χ1n) is 6.22. The van der Waals surface area contributed by atoms with Crippen LogP contribution < -0.4 is 4.74 Å². The summed E-state index contributed by atoms with van der Waals surface area (Å²) < 4.78 is 10.1. The molecule has 0 aliphatic heterocycles. The normalized spacial score (nSPS) is 10.0. The second kappa shape index (κ2) is 6.90. The summed E-state index contributed by atoms with van der Waals surface area (Å²) >= 11 is 5.79. The molecule has 108 valence electrons. The number of halogens is 1. The van der Waals surface area contributed by atoms with Gasteiger partial charge in [-0.05, 0) is 48.5 Å². The van der Waals surface area contributed by atoms with Crippen LogP contribution in [0.25, 0.3) is 0 Å². The van der Waals surface area contributed by atoms with E-state index in [1.165, 1.54) is 7.11 Å². The molecule has 0 unspecified atom stereocenters. The molecule has 0 saturated carbocycles. The maximum atomic E-state index is 11.8. The Kier molecular flexibility index (Phi) is 4.95. The van der Waals surface area contributed by atoms with Crippen molar-refractivity contribution < 1.29 is 19.1 Å². The molecule has 5 heteroatoms. The number of rotatable bonds is 5. The van der Waals surface area contributed by atoms with Crippen molar-refractivity contribution in [1.82, 2.24) is 0 Å². The van der Waals surface area contributed by atoms with E-state index in [9.17, 15) is 9.59 Å². The van der Waals surface area contributed by atoms with E-state index < -0.39 is 5.97 Å². The third-order valence-corrected chi connectivity index (χ3v) is 3.01. The standard InChI is InChI=1S/C16H13ClO4/c1-20-16(19)10-15(18)11-2-6-13(7-3-11)21-14-8-4-12(17)5-9-14/h2-9H,10H2,1H3. The zero-order valence-corrected chi connectivity index (χ0v) is 12.1. The average Bonchev–Trinajstić information content (AvgIpc) is 2.50. The van der Waals surface area contributed by atoms with E-state index in [2.05, 4.69) is 4.74 Å². The Labute approximate surface area is 127 Å². The summed E-state index contributed by atoms with van der Waals surface area (Å²) in [5, 5.41) is 0.631. The lowest BCUT2D eigenvalue weighted by molar-refractivity contribution is -0.139. The average molecular weight is 305 g/mol. The van der Waals surface area contributed by atoms with Crippen molar-refractivity contribution in [2.24, 2.45) is 0 Å². The number of hydrogen-bond donors (Lipinski definition) is 0. The molecule has 2 rings (SSSR count). The van der Waals surface area contributed by atoms with Gasteiger partial charge in [0.2, 0.25) is 0 Å². The molecule has 2 aromatic carbocycles. The first-order valence-corrected chi connectivity index (χ1v) is 6.60. The number of methoxy groups -OCH3 is 1. The molecular formula is C16H13ClO4. The highest BCUT2D eigenvalue weighted by atomic mass is 35.5. The van der Waals surface area contributed by atoms with E-state index in [1.54, 1.807) is 48.5 Å². The molecule has 0 aliphatic rings. The van der Waals surface area contributed by atoms with E-state index in [0.29, 0.717) is 22.1 Å². The van der Waals surface area contributed by atoms with Crippen LogP contribution in [0.5, 0.6) is 11.5 Å². The van der Waals surface area contributed by atoms with Crippen molar-refractivity contribution in [3.63, 3.8) is 0 Å². The van der Waals surface area contributed by atoms with Gasteiger partial charge in [0.05, 0.1) is 7.11 Å². The first kappa shape index (κ1) is 15.1. The van der Waals surface area contributed by atoms with Gasteiger partial charge in [-0.15, -0.1) is 0 Å². The summed E-state index contributed by atoms with van der Waals surface area (Å²) in [5.41, 5.74) is 0.434. The summed E-state index contributed by atoms with van der Waals surface area (Å²) in [6.45, 7) is 0.